The molecule has 0 saturated heterocycles. The van der Waals surface area contributed by atoms with Gasteiger partial charge in [0.2, 0.25) is 5.82 Å². The summed E-state index contributed by atoms with van der Waals surface area (Å²) in [5, 5.41) is 7.18. The van der Waals surface area contributed by atoms with E-state index in [0.717, 1.165) is 33.0 Å². The van der Waals surface area contributed by atoms with Gasteiger partial charge in [-0.15, -0.1) is 11.3 Å². The van der Waals surface area contributed by atoms with E-state index in [4.69, 9.17) is 9.51 Å². The molecule has 0 radical (unpaired) electrons. The quantitative estimate of drug-likeness (QED) is 0.405. The molecule has 134 valence electrons. The van der Waals surface area contributed by atoms with Gasteiger partial charge in [-0.25, -0.2) is 4.98 Å². The highest BCUT2D eigenvalue weighted by Crippen LogP contribution is 2.30. The van der Waals surface area contributed by atoms with E-state index in [-0.39, 0.29) is 0 Å². The lowest BCUT2D eigenvalue weighted by molar-refractivity contribution is 0.432. The molecule has 0 saturated carbocycles. The van der Waals surface area contributed by atoms with E-state index in [2.05, 4.69) is 32.6 Å². The van der Waals surface area contributed by atoms with E-state index in [9.17, 15) is 0 Å². The first-order chi connectivity index (χ1) is 13.9. The molecule has 0 unspecified atom stereocenters. The fourth-order valence-corrected chi connectivity index (χ4v) is 3.70. The van der Waals surface area contributed by atoms with Crippen molar-refractivity contribution in [3.8, 4) is 44.7 Å². The van der Waals surface area contributed by atoms with Crippen LogP contribution in [0.15, 0.2) is 89.0 Å². The van der Waals surface area contributed by atoms with E-state index in [1.165, 1.54) is 0 Å². The second-order valence-corrected chi connectivity index (χ2v) is 7.00. The first-order valence-corrected chi connectivity index (χ1v) is 9.61. The lowest BCUT2D eigenvalue weighted by Gasteiger charge is -1.99. The molecule has 3 aromatic heterocycles. The van der Waals surface area contributed by atoms with Gasteiger partial charge in [-0.05, 0) is 12.1 Å². The van der Waals surface area contributed by atoms with Crippen LogP contribution < -0.4 is 0 Å². The maximum absolute atomic E-state index is 5.37. The van der Waals surface area contributed by atoms with E-state index in [1.54, 1.807) is 23.7 Å². The van der Waals surface area contributed by atoms with Crippen molar-refractivity contribution in [2.75, 3.05) is 0 Å². The summed E-state index contributed by atoms with van der Waals surface area (Å²) in [5.41, 5.74) is 4.89. The zero-order valence-electron chi connectivity index (χ0n) is 14.7. The lowest BCUT2D eigenvalue weighted by Crippen LogP contribution is -1.83. The number of nitrogens with zero attached hydrogens (tertiary/aromatic N) is 4. The van der Waals surface area contributed by atoms with Crippen LogP contribution in [0.1, 0.15) is 0 Å². The maximum Gasteiger partial charge on any atom is 0.258 e. The third kappa shape index (κ3) is 3.21. The van der Waals surface area contributed by atoms with Crippen molar-refractivity contribution >= 4 is 11.3 Å². The molecule has 6 heteroatoms. The Morgan fingerprint density at radius 3 is 2.21 bits per heavy atom. The Morgan fingerprint density at radius 2 is 1.43 bits per heavy atom. The molecule has 28 heavy (non-hydrogen) atoms. The van der Waals surface area contributed by atoms with E-state index < -0.39 is 0 Å². The fourth-order valence-electron chi connectivity index (χ4n) is 2.86. The highest BCUT2D eigenvalue weighted by molar-refractivity contribution is 7.13. The predicted molar refractivity (Wildman–Crippen MR) is 110 cm³/mol. The number of rotatable bonds is 4. The first-order valence-electron chi connectivity index (χ1n) is 8.73. The van der Waals surface area contributed by atoms with Crippen molar-refractivity contribution < 1.29 is 4.52 Å². The van der Waals surface area contributed by atoms with Gasteiger partial charge in [-0.2, -0.15) is 4.98 Å². The van der Waals surface area contributed by atoms with Crippen molar-refractivity contribution in [1.29, 1.82) is 0 Å². The monoisotopic (exact) mass is 382 g/mol. The standard InChI is InChI=1S/C22H14N4OS/c1-2-4-18(5-3-1)22-24-19(14-28-22)15-6-8-16(9-7-15)20-25-21(27-26-20)17-10-12-23-13-11-17/h1-14H. The Labute approximate surface area is 165 Å². The molecule has 0 spiro atoms. The van der Waals surface area contributed by atoms with Gasteiger partial charge in [0.1, 0.15) is 5.01 Å². The summed E-state index contributed by atoms with van der Waals surface area (Å²) < 4.78 is 5.37. The number of benzene rings is 2. The van der Waals surface area contributed by atoms with Crippen molar-refractivity contribution in [3.63, 3.8) is 0 Å². The van der Waals surface area contributed by atoms with Gasteiger partial charge in [0.05, 0.1) is 5.69 Å². The molecule has 0 aliphatic rings. The minimum absolute atomic E-state index is 0.480. The van der Waals surface area contributed by atoms with Crippen LogP contribution in [-0.2, 0) is 0 Å². The molecule has 0 atom stereocenters. The molecule has 3 heterocycles. The largest absolute Gasteiger partial charge is 0.334 e. The zero-order valence-corrected chi connectivity index (χ0v) is 15.5. The molecule has 0 aliphatic heterocycles. The second kappa shape index (κ2) is 7.17. The van der Waals surface area contributed by atoms with Crippen LogP contribution in [0.4, 0.5) is 0 Å². The van der Waals surface area contributed by atoms with Crippen LogP contribution in [0.25, 0.3) is 44.7 Å². The van der Waals surface area contributed by atoms with Crippen molar-refractivity contribution in [1.82, 2.24) is 20.1 Å². The van der Waals surface area contributed by atoms with E-state index in [0.29, 0.717) is 11.7 Å². The van der Waals surface area contributed by atoms with Crippen LogP contribution in [0.5, 0.6) is 0 Å². The van der Waals surface area contributed by atoms with Crippen LogP contribution >= 0.6 is 11.3 Å². The second-order valence-electron chi connectivity index (χ2n) is 6.14. The molecule has 5 nitrogen and oxygen atoms in total. The molecule has 5 rings (SSSR count). The third-order valence-corrected chi connectivity index (χ3v) is 5.21. The Bertz CT molecular complexity index is 1100. The summed E-state index contributed by atoms with van der Waals surface area (Å²) in [6, 6.07) is 21.9. The Morgan fingerprint density at radius 1 is 0.679 bits per heavy atom. The minimum Gasteiger partial charge on any atom is -0.334 e. The van der Waals surface area contributed by atoms with Gasteiger partial charge in [-0.3, -0.25) is 4.98 Å². The number of hydrogen-bond acceptors (Lipinski definition) is 6. The average molecular weight is 382 g/mol. The normalized spacial score (nSPS) is 10.9. The zero-order chi connectivity index (χ0) is 18.8. The topological polar surface area (TPSA) is 64.7 Å². The fraction of sp³-hybridized carbons (Fsp3) is 0. The first kappa shape index (κ1) is 16.5. The maximum atomic E-state index is 5.37. The Hall–Kier alpha value is -3.64. The SMILES string of the molecule is c1ccc(-c2nc(-c3ccc(-c4noc(-c5ccncc5)n4)cc3)cs2)cc1. The van der Waals surface area contributed by atoms with Crippen LogP contribution in [0.3, 0.4) is 0 Å². The Kier molecular flexibility index (Phi) is 4.23. The van der Waals surface area contributed by atoms with Crippen molar-refractivity contribution in [2.24, 2.45) is 0 Å². The van der Waals surface area contributed by atoms with Gasteiger partial charge in [0.25, 0.3) is 5.89 Å². The molecule has 5 aromatic rings. The van der Waals surface area contributed by atoms with Gasteiger partial charge >= 0.3 is 0 Å². The summed E-state index contributed by atoms with van der Waals surface area (Å²) >= 11 is 1.64. The van der Waals surface area contributed by atoms with Crippen LogP contribution in [0.2, 0.25) is 0 Å². The van der Waals surface area contributed by atoms with Crippen molar-refractivity contribution in [2.45, 2.75) is 0 Å². The number of pyridine rings is 1. The molecule has 0 bridgehead atoms. The summed E-state index contributed by atoms with van der Waals surface area (Å²) in [7, 11) is 0. The summed E-state index contributed by atoms with van der Waals surface area (Å²) in [5.74, 6) is 1.04. The molecule has 0 aliphatic carbocycles. The molecule has 0 amide bonds. The highest BCUT2D eigenvalue weighted by Gasteiger charge is 2.11. The molecule has 0 N–H and O–H groups in total. The number of hydrogen-bond donors (Lipinski definition) is 0. The van der Waals surface area contributed by atoms with Gasteiger partial charge < -0.3 is 4.52 Å². The van der Waals surface area contributed by atoms with Gasteiger partial charge in [0.15, 0.2) is 0 Å². The Balaban J connectivity index is 1.40. The number of thiazole rings is 1. The molecular formula is C22H14N4OS. The highest BCUT2D eigenvalue weighted by atomic mass is 32.1. The van der Waals surface area contributed by atoms with E-state index >= 15 is 0 Å². The van der Waals surface area contributed by atoms with Gasteiger partial charge in [-0.1, -0.05) is 59.8 Å². The third-order valence-electron chi connectivity index (χ3n) is 4.32. The molecular weight excluding hydrogens is 368 g/mol. The predicted octanol–water partition coefficient (Wildman–Crippen LogP) is 5.59. The minimum atomic E-state index is 0.480. The lowest BCUT2D eigenvalue weighted by atomic mass is 10.1. The smallest absolute Gasteiger partial charge is 0.258 e. The van der Waals surface area contributed by atoms with Crippen LogP contribution in [0, 0.1) is 0 Å². The summed E-state index contributed by atoms with van der Waals surface area (Å²) in [4.78, 5) is 13.2. The van der Waals surface area contributed by atoms with E-state index in [1.807, 2.05) is 54.6 Å². The molecule has 0 fully saturated rings. The average Bonchev–Trinajstić information content (AvgIpc) is 3.46. The summed E-state index contributed by atoms with van der Waals surface area (Å²) in [6.07, 6.45) is 3.40. The summed E-state index contributed by atoms with van der Waals surface area (Å²) in [6.45, 7) is 0. The molecule has 2 aromatic carbocycles. The van der Waals surface area contributed by atoms with Crippen LogP contribution in [-0.4, -0.2) is 20.1 Å². The van der Waals surface area contributed by atoms with Gasteiger partial charge in [0, 0.05) is 40.0 Å². The number of aromatic nitrogens is 4. The van der Waals surface area contributed by atoms with Crippen molar-refractivity contribution in [3.05, 3.63) is 84.5 Å².